The van der Waals surface area contributed by atoms with Gasteiger partial charge in [0, 0.05) is 5.02 Å². The molecule has 0 saturated carbocycles. The van der Waals surface area contributed by atoms with Crippen molar-refractivity contribution in [3.63, 3.8) is 0 Å². The molecule has 3 nitrogen and oxygen atoms in total. The van der Waals surface area contributed by atoms with Gasteiger partial charge in [-0.05, 0) is 37.5 Å². The number of rotatable bonds is 5. The highest BCUT2D eigenvalue weighted by Gasteiger charge is 2.11. The molecule has 0 saturated heterocycles. The quantitative estimate of drug-likeness (QED) is 0.833. The summed E-state index contributed by atoms with van der Waals surface area (Å²) < 4.78 is 5.04. The highest BCUT2D eigenvalue weighted by atomic mass is 35.5. The fraction of sp³-hybridized carbons (Fsp3) is 0.500. The number of aryl methyl sites for hydroxylation is 1. The number of halogens is 1. The van der Waals surface area contributed by atoms with Crippen molar-refractivity contribution in [3.05, 3.63) is 28.8 Å². The van der Waals surface area contributed by atoms with Gasteiger partial charge in [0.1, 0.15) is 5.75 Å². The standard InChI is InChI=1S/C12H17ClO3/c1-8(14)12(15)6-4-9-3-5-10(16-2)7-11(9)13/h3,5,7-8,12,14-15H,4,6H2,1-2H3. The number of aliphatic hydroxyl groups excluding tert-OH is 2. The molecule has 2 unspecified atom stereocenters. The Balaban J connectivity index is 2.61. The van der Waals surface area contributed by atoms with E-state index < -0.39 is 12.2 Å². The zero-order valence-electron chi connectivity index (χ0n) is 9.48. The van der Waals surface area contributed by atoms with Gasteiger partial charge in [-0.25, -0.2) is 0 Å². The highest BCUT2D eigenvalue weighted by Crippen LogP contribution is 2.23. The lowest BCUT2D eigenvalue weighted by atomic mass is 10.0. The summed E-state index contributed by atoms with van der Waals surface area (Å²) in [4.78, 5) is 0. The molecular weight excluding hydrogens is 228 g/mol. The highest BCUT2D eigenvalue weighted by molar-refractivity contribution is 6.31. The summed E-state index contributed by atoms with van der Waals surface area (Å²) in [5.74, 6) is 0.713. The van der Waals surface area contributed by atoms with Crippen LogP contribution >= 0.6 is 11.6 Å². The molecule has 2 atom stereocenters. The van der Waals surface area contributed by atoms with Crippen molar-refractivity contribution >= 4 is 11.6 Å². The molecule has 0 spiro atoms. The van der Waals surface area contributed by atoms with Gasteiger partial charge in [-0.1, -0.05) is 17.7 Å². The fourth-order valence-corrected chi connectivity index (χ4v) is 1.67. The summed E-state index contributed by atoms with van der Waals surface area (Å²) in [7, 11) is 1.59. The van der Waals surface area contributed by atoms with E-state index in [-0.39, 0.29) is 0 Å². The summed E-state index contributed by atoms with van der Waals surface area (Å²) in [5.41, 5.74) is 0.946. The van der Waals surface area contributed by atoms with Gasteiger partial charge in [0.25, 0.3) is 0 Å². The van der Waals surface area contributed by atoms with Crippen LogP contribution in [0.3, 0.4) is 0 Å². The predicted octanol–water partition coefficient (Wildman–Crippen LogP) is 2.02. The minimum atomic E-state index is -0.711. The summed E-state index contributed by atoms with van der Waals surface area (Å²) in [5, 5.41) is 19.2. The molecular formula is C12H17ClO3. The third-order valence-corrected chi connectivity index (χ3v) is 2.88. The first-order chi connectivity index (χ1) is 7.54. The van der Waals surface area contributed by atoms with Gasteiger partial charge < -0.3 is 14.9 Å². The third-order valence-electron chi connectivity index (χ3n) is 2.53. The third kappa shape index (κ3) is 3.67. The molecule has 90 valence electrons. The molecule has 0 aliphatic rings. The van der Waals surface area contributed by atoms with Crippen LogP contribution in [-0.4, -0.2) is 29.5 Å². The van der Waals surface area contributed by atoms with Gasteiger partial charge in [0.05, 0.1) is 19.3 Å². The van der Waals surface area contributed by atoms with Crippen molar-refractivity contribution in [2.75, 3.05) is 7.11 Å². The van der Waals surface area contributed by atoms with E-state index in [4.69, 9.17) is 21.4 Å². The second-order valence-corrected chi connectivity index (χ2v) is 4.21. The van der Waals surface area contributed by atoms with Crippen LogP contribution in [0, 0.1) is 0 Å². The van der Waals surface area contributed by atoms with Crippen LogP contribution in [0.2, 0.25) is 5.02 Å². The lowest BCUT2D eigenvalue weighted by Gasteiger charge is -2.14. The Hall–Kier alpha value is -0.770. The maximum absolute atomic E-state index is 9.46. The summed E-state index contributed by atoms with van der Waals surface area (Å²) in [6, 6.07) is 5.44. The number of benzene rings is 1. The zero-order valence-corrected chi connectivity index (χ0v) is 10.2. The molecule has 1 aromatic carbocycles. The minimum absolute atomic E-state index is 0.490. The number of hydrogen-bond donors (Lipinski definition) is 2. The Morgan fingerprint density at radius 2 is 2.06 bits per heavy atom. The fourth-order valence-electron chi connectivity index (χ4n) is 1.40. The molecule has 0 fully saturated rings. The smallest absolute Gasteiger partial charge is 0.120 e. The van der Waals surface area contributed by atoms with Gasteiger partial charge in [0.2, 0.25) is 0 Å². The average molecular weight is 245 g/mol. The van der Waals surface area contributed by atoms with E-state index >= 15 is 0 Å². The molecule has 0 aliphatic carbocycles. The first-order valence-electron chi connectivity index (χ1n) is 5.23. The van der Waals surface area contributed by atoms with Crippen LogP contribution in [0.4, 0.5) is 0 Å². The Labute approximate surface area is 101 Å². The van der Waals surface area contributed by atoms with Crippen molar-refractivity contribution in [1.82, 2.24) is 0 Å². The van der Waals surface area contributed by atoms with E-state index in [1.807, 2.05) is 12.1 Å². The molecule has 0 aliphatic heterocycles. The van der Waals surface area contributed by atoms with Crippen molar-refractivity contribution in [2.24, 2.45) is 0 Å². The second kappa shape index (κ2) is 6.09. The second-order valence-electron chi connectivity index (χ2n) is 3.80. The molecule has 4 heteroatoms. The molecule has 0 radical (unpaired) electrons. The maximum atomic E-state index is 9.46. The van der Waals surface area contributed by atoms with E-state index in [0.717, 1.165) is 5.56 Å². The van der Waals surface area contributed by atoms with Crippen LogP contribution in [0.25, 0.3) is 0 Å². The number of ether oxygens (including phenoxy) is 1. The van der Waals surface area contributed by atoms with Crippen LogP contribution in [0.5, 0.6) is 5.75 Å². The van der Waals surface area contributed by atoms with Gasteiger partial charge in [0.15, 0.2) is 0 Å². The number of methoxy groups -OCH3 is 1. The van der Waals surface area contributed by atoms with E-state index in [1.54, 1.807) is 20.1 Å². The van der Waals surface area contributed by atoms with Crippen molar-refractivity contribution in [1.29, 1.82) is 0 Å². The molecule has 0 heterocycles. The average Bonchev–Trinajstić information content (AvgIpc) is 2.26. The normalized spacial score (nSPS) is 14.6. The number of aliphatic hydroxyl groups is 2. The molecule has 1 rings (SSSR count). The largest absolute Gasteiger partial charge is 0.497 e. The first-order valence-corrected chi connectivity index (χ1v) is 5.61. The van der Waals surface area contributed by atoms with E-state index in [1.165, 1.54) is 0 Å². The van der Waals surface area contributed by atoms with Gasteiger partial charge >= 0.3 is 0 Å². The Kier molecular flexibility index (Phi) is 5.06. The van der Waals surface area contributed by atoms with Gasteiger partial charge in [-0.2, -0.15) is 0 Å². The Morgan fingerprint density at radius 1 is 1.38 bits per heavy atom. The molecule has 0 aromatic heterocycles. The topological polar surface area (TPSA) is 49.7 Å². The first kappa shape index (κ1) is 13.3. The van der Waals surface area contributed by atoms with Gasteiger partial charge in [-0.15, -0.1) is 0 Å². The minimum Gasteiger partial charge on any atom is -0.497 e. The molecule has 1 aromatic rings. The Bertz CT molecular complexity index is 339. The van der Waals surface area contributed by atoms with E-state index in [9.17, 15) is 5.11 Å². The van der Waals surface area contributed by atoms with Gasteiger partial charge in [-0.3, -0.25) is 0 Å². The molecule has 16 heavy (non-hydrogen) atoms. The molecule has 0 amide bonds. The monoisotopic (exact) mass is 244 g/mol. The molecule has 2 N–H and O–H groups in total. The molecule has 0 bridgehead atoms. The maximum Gasteiger partial charge on any atom is 0.120 e. The van der Waals surface area contributed by atoms with Crippen LogP contribution < -0.4 is 4.74 Å². The summed E-state index contributed by atoms with van der Waals surface area (Å²) in [6.07, 6.45) is -0.297. The van der Waals surface area contributed by atoms with Crippen molar-refractivity contribution in [3.8, 4) is 5.75 Å². The Morgan fingerprint density at radius 3 is 2.56 bits per heavy atom. The zero-order chi connectivity index (χ0) is 12.1. The van der Waals surface area contributed by atoms with Crippen LogP contribution in [-0.2, 0) is 6.42 Å². The van der Waals surface area contributed by atoms with Crippen LogP contribution in [0.15, 0.2) is 18.2 Å². The van der Waals surface area contributed by atoms with E-state index in [2.05, 4.69) is 0 Å². The lowest BCUT2D eigenvalue weighted by Crippen LogP contribution is -2.22. The van der Waals surface area contributed by atoms with Crippen LogP contribution in [0.1, 0.15) is 18.9 Å². The number of hydrogen-bond acceptors (Lipinski definition) is 3. The SMILES string of the molecule is COc1ccc(CCC(O)C(C)O)c(Cl)c1. The van der Waals surface area contributed by atoms with Crippen molar-refractivity contribution in [2.45, 2.75) is 32.0 Å². The summed E-state index contributed by atoms with van der Waals surface area (Å²) in [6.45, 7) is 1.57. The summed E-state index contributed by atoms with van der Waals surface area (Å²) >= 11 is 6.05. The van der Waals surface area contributed by atoms with E-state index in [0.29, 0.717) is 23.6 Å². The van der Waals surface area contributed by atoms with Crippen molar-refractivity contribution < 1.29 is 14.9 Å². The predicted molar refractivity (Wildman–Crippen MR) is 64.0 cm³/mol. The lowest BCUT2D eigenvalue weighted by molar-refractivity contribution is 0.0265.